The first kappa shape index (κ1) is 18.9. The molecular weight excluding hydrogens is 378 g/mol. The first-order valence-electron chi connectivity index (χ1n) is 10.5. The highest BCUT2D eigenvalue weighted by Crippen LogP contribution is 2.24. The molecular formula is C24H25N3O3. The largest absolute Gasteiger partial charge is 0.445 e. The second kappa shape index (κ2) is 8.32. The number of carbonyl (C=O) groups is 1. The zero-order chi connectivity index (χ0) is 20.3. The zero-order valence-corrected chi connectivity index (χ0v) is 16.9. The number of oxazole rings is 1. The summed E-state index contributed by atoms with van der Waals surface area (Å²) in [7, 11) is 0. The number of fused-ring (bicyclic) bond motifs is 1. The summed E-state index contributed by atoms with van der Waals surface area (Å²) in [5.41, 5.74) is 3.90. The van der Waals surface area contributed by atoms with Gasteiger partial charge in [0.05, 0.1) is 19.8 Å². The number of hydrogen-bond acceptors (Lipinski definition) is 5. The van der Waals surface area contributed by atoms with Crippen LogP contribution in [0.3, 0.4) is 0 Å². The molecule has 2 aliphatic heterocycles. The molecule has 3 aromatic rings. The van der Waals surface area contributed by atoms with E-state index in [-0.39, 0.29) is 5.91 Å². The quantitative estimate of drug-likeness (QED) is 0.669. The summed E-state index contributed by atoms with van der Waals surface area (Å²) in [6.07, 6.45) is 1.37. The molecule has 1 fully saturated rings. The maximum Gasteiger partial charge on any atom is 0.254 e. The van der Waals surface area contributed by atoms with Crippen molar-refractivity contribution in [2.75, 3.05) is 37.7 Å². The lowest BCUT2D eigenvalue weighted by Crippen LogP contribution is -2.37. The van der Waals surface area contributed by atoms with Crippen LogP contribution in [-0.2, 0) is 24.1 Å². The lowest BCUT2D eigenvalue weighted by atomic mass is 10.1. The second-order valence-corrected chi connectivity index (χ2v) is 7.76. The number of nitrogens with zero attached hydrogens (tertiary/aromatic N) is 3. The smallest absolute Gasteiger partial charge is 0.254 e. The topological polar surface area (TPSA) is 58.8 Å². The molecule has 5 rings (SSSR count). The van der Waals surface area contributed by atoms with E-state index >= 15 is 0 Å². The molecule has 0 N–H and O–H groups in total. The lowest BCUT2D eigenvalue weighted by molar-refractivity contribution is 0.0728. The zero-order valence-electron chi connectivity index (χ0n) is 16.9. The Kier molecular flexibility index (Phi) is 5.24. The summed E-state index contributed by atoms with van der Waals surface area (Å²) in [6.45, 7) is 4.43. The highest BCUT2D eigenvalue weighted by molar-refractivity contribution is 5.94. The number of anilines is 1. The molecule has 0 aliphatic carbocycles. The van der Waals surface area contributed by atoms with Gasteiger partial charge in [0.25, 0.3) is 5.91 Å². The summed E-state index contributed by atoms with van der Waals surface area (Å²) >= 11 is 0. The number of carbonyl (C=O) groups excluding carboxylic acids is 1. The van der Waals surface area contributed by atoms with Crippen LogP contribution < -0.4 is 4.90 Å². The molecule has 6 heteroatoms. The fraction of sp³-hybridized carbons (Fsp3) is 0.333. The predicted octanol–water partition coefficient (Wildman–Crippen LogP) is 3.30. The monoisotopic (exact) mass is 403 g/mol. The number of benzene rings is 2. The molecule has 0 spiro atoms. The van der Waals surface area contributed by atoms with Crippen molar-refractivity contribution in [3.8, 4) is 0 Å². The van der Waals surface area contributed by atoms with Gasteiger partial charge in [0.1, 0.15) is 11.5 Å². The Hall–Kier alpha value is -3.12. The van der Waals surface area contributed by atoms with Crippen LogP contribution in [0.1, 0.15) is 33.3 Å². The molecule has 3 heterocycles. The fourth-order valence-electron chi connectivity index (χ4n) is 4.09. The molecule has 2 aromatic carbocycles. The van der Waals surface area contributed by atoms with Crippen LogP contribution in [0.25, 0.3) is 0 Å². The summed E-state index contributed by atoms with van der Waals surface area (Å²) in [5, 5.41) is 0. The van der Waals surface area contributed by atoms with E-state index < -0.39 is 0 Å². The number of amides is 1. The SMILES string of the molecule is O=C(c1ccc(N2CCOCC2)cc1)N1CCc2oc(Cc3ccccc3)nc2C1. The average Bonchev–Trinajstić information content (AvgIpc) is 3.21. The van der Waals surface area contributed by atoms with Gasteiger partial charge in [-0.25, -0.2) is 4.98 Å². The molecule has 0 radical (unpaired) electrons. The van der Waals surface area contributed by atoms with Crippen molar-refractivity contribution in [3.63, 3.8) is 0 Å². The highest BCUT2D eigenvalue weighted by Gasteiger charge is 2.26. The molecule has 0 atom stereocenters. The lowest BCUT2D eigenvalue weighted by Gasteiger charge is -2.29. The van der Waals surface area contributed by atoms with Crippen molar-refractivity contribution in [2.45, 2.75) is 19.4 Å². The number of morpholine rings is 1. The van der Waals surface area contributed by atoms with Gasteiger partial charge in [-0.2, -0.15) is 0 Å². The van der Waals surface area contributed by atoms with Crippen LogP contribution in [0.15, 0.2) is 59.0 Å². The van der Waals surface area contributed by atoms with Gasteiger partial charge in [0, 0.05) is 43.7 Å². The Morgan fingerprint density at radius 1 is 0.967 bits per heavy atom. The van der Waals surface area contributed by atoms with Crippen LogP contribution >= 0.6 is 0 Å². The molecule has 1 saturated heterocycles. The van der Waals surface area contributed by atoms with Crippen molar-refractivity contribution >= 4 is 11.6 Å². The van der Waals surface area contributed by atoms with E-state index in [0.29, 0.717) is 31.5 Å². The van der Waals surface area contributed by atoms with Gasteiger partial charge in [0.2, 0.25) is 0 Å². The first-order chi connectivity index (χ1) is 14.8. The van der Waals surface area contributed by atoms with Gasteiger partial charge in [-0.05, 0) is 29.8 Å². The molecule has 1 amide bonds. The predicted molar refractivity (Wildman–Crippen MR) is 114 cm³/mol. The minimum atomic E-state index is 0.0433. The van der Waals surface area contributed by atoms with Gasteiger partial charge in [-0.3, -0.25) is 4.79 Å². The Labute approximate surface area is 176 Å². The fourth-order valence-corrected chi connectivity index (χ4v) is 4.09. The van der Waals surface area contributed by atoms with E-state index in [0.717, 1.165) is 49.3 Å². The van der Waals surface area contributed by atoms with E-state index in [2.05, 4.69) is 22.0 Å². The Morgan fingerprint density at radius 2 is 1.73 bits per heavy atom. The number of ether oxygens (including phenoxy) is 1. The van der Waals surface area contributed by atoms with Crippen molar-refractivity contribution in [1.82, 2.24) is 9.88 Å². The van der Waals surface area contributed by atoms with Gasteiger partial charge >= 0.3 is 0 Å². The number of aromatic nitrogens is 1. The van der Waals surface area contributed by atoms with Gasteiger partial charge in [0.15, 0.2) is 5.89 Å². The Bertz CT molecular complexity index is 1010. The van der Waals surface area contributed by atoms with Gasteiger partial charge < -0.3 is 19.0 Å². The van der Waals surface area contributed by atoms with E-state index in [1.54, 1.807) is 0 Å². The summed E-state index contributed by atoms with van der Waals surface area (Å²) in [5.74, 6) is 1.67. The molecule has 0 saturated carbocycles. The molecule has 0 bridgehead atoms. The van der Waals surface area contributed by atoms with E-state index in [1.165, 1.54) is 5.56 Å². The highest BCUT2D eigenvalue weighted by atomic mass is 16.5. The molecule has 1 aromatic heterocycles. The molecule has 0 unspecified atom stereocenters. The third-order valence-electron chi connectivity index (χ3n) is 5.75. The first-order valence-corrected chi connectivity index (χ1v) is 10.5. The van der Waals surface area contributed by atoms with Crippen molar-refractivity contribution in [3.05, 3.63) is 83.1 Å². The van der Waals surface area contributed by atoms with Crippen LogP contribution in [0, 0.1) is 0 Å². The normalized spacial score (nSPS) is 16.4. The van der Waals surface area contributed by atoms with Crippen molar-refractivity contribution in [2.24, 2.45) is 0 Å². The summed E-state index contributed by atoms with van der Waals surface area (Å²) in [4.78, 5) is 21.8. The molecule has 6 nitrogen and oxygen atoms in total. The molecule has 2 aliphatic rings. The Morgan fingerprint density at radius 3 is 2.50 bits per heavy atom. The maximum absolute atomic E-state index is 13.0. The standard InChI is InChI=1S/C24H25N3O3/c28-24(19-6-8-20(9-7-19)26-12-14-29-15-13-26)27-11-10-22-21(17-27)25-23(30-22)16-18-4-2-1-3-5-18/h1-9H,10-17H2. The van der Waals surface area contributed by atoms with Gasteiger partial charge in [-0.1, -0.05) is 30.3 Å². The summed E-state index contributed by atoms with van der Waals surface area (Å²) in [6, 6.07) is 18.1. The van der Waals surface area contributed by atoms with E-state index in [4.69, 9.17) is 9.15 Å². The minimum absolute atomic E-state index is 0.0433. The van der Waals surface area contributed by atoms with Crippen molar-refractivity contribution < 1.29 is 13.9 Å². The maximum atomic E-state index is 13.0. The molecule has 154 valence electrons. The van der Waals surface area contributed by atoms with Crippen LogP contribution in [-0.4, -0.2) is 48.6 Å². The van der Waals surface area contributed by atoms with Crippen LogP contribution in [0.5, 0.6) is 0 Å². The Balaban J connectivity index is 1.25. The number of hydrogen-bond donors (Lipinski definition) is 0. The van der Waals surface area contributed by atoms with E-state index in [1.807, 2.05) is 47.4 Å². The third kappa shape index (κ3) is 3.96. The van der Waals surface area contributed by atoms with E-state index in [9.17, 15) is 4.79 Å². The second-order valence-electron chi connectivity index (χ2n) is 7.76. The average molecular weight is 403 g/mol. The van der Waals surface area contributed by atoms with Crippen LogP contribution in [0.4, 0.5) is 5.69 Å². The van der Waals surface area contributed by atoms with Crippen LogP contribution in [0.2, 0.25) is 0 Å². The third-order valence-corrected chi connectivity index (χ3v) is 5.75. The van der Waals surface area contributed by atoms with Crippen molar-refractivity contribution in [1.29, 1.82) is 0 Å². The summed E-state index contributed by atoms with van der Waals surface area (Å²) < 4.78 is 11.4. The minimum Gasteiger partial charge on any atom is -0.445 e. The number of rotatable bonds is 4. The molecule has 30 heavy (non-hydrogen) atoms. The van der Waals surface area contributed by atoms with Gasteiger partial charge in [-0.15, -0.1) is 0 Å².